The molecular weight excluding hydrogens is 308 g/mol. The summed E-state index contributed by atoms with van der Waals surface area (Å²) in [7, 11) is 0. The lowest BCUT2D eigenvalue weighted by molar-refractivity contribution is 1.17. The first-order chi connectivity index (χ1) is 12.2. The Hall–Kier alpha value is -3.46. The summed E-state index contributed by atoms with van der Waals surface area (Å²) in [6.45, 7) is 8.09. The van der Waals surface area contributed by atoms with E-state index in [2.05, 4.69) is 13.2 Å². The molecule has 3 aromatic carbocycles. The van der Waals surface area contributed by atoms with E-state index in [0.717, 1.165) is 38.0 Å². The van der Waals surface area contributed by atoms with Crippen LogP contribution in [0.25, 0.3) is 50.9 Å². The third-order valence-corrected chi connectivity index (χ3v) is 4.86. The minimum Gasteiger partial charge on any atom is -0.268 e. The maximum atomic E-state index is 13.3. The topological polar surface area (TPSA) is 34.4 Å². The molecule has 0 aliphatic carbocycles. The second kappa shape index (κ2) is 4.77. The summed E-state index contributed by atoms with van der Waals surface area (Å²) in [5.41, 5.74) is 3.09. The van der Waals surface area contributed by atoms with Crippen LogP contribution < -0.4 is 10.8 Å². The molecule has 3 nitrogen and oxygen atoms in total. The molecule has 25 heavy (non-hydrogen) atoms. The Kier molecular flexibility index (Phi) is 2.66. The summed E-state index contributed by atoms with van der Waals surface area (Å²) in [4.78, 5) is 18.0. The third kappa shape index (κ3) is 1.69. The Labute approximate surface area is 143 Å². The summed E-state index contributed by atoms with van der Waals surface area (Å²) >= 11 is 0. The number of fused-ring (bicyclic) bond motifs is 6. The van der Waals surface area contributed by atoms with Crippen LogP contribution in [0.2, 0.25) is 0 Å². The molecule has 5 rings (SSSR count). The lowest BCUT2D eigenvalue weighted by Crippen LogP contribution is -2.21. The first kappa shape index (κ1) is 13.9. The molecule has 0 saturated carbocycles. The number of hydrogen-bond acceptors (Lipinski definition) is 2. The molecule has 118 valence electrons. The molecule has 0 spiro atoms. The van der Waals surface area contributed by atoms with Gasteiger partial charge in [-0.2, -0.15) is 0 Å². The van der Waals surface area contributed by atoms with Crippen molar-refractivity contribution in [2.24, 2.45) is 0 Å². The van der Waals surface area contributed by atoms with Crippen LogP contribution in [-0.2, 0) is 0 Å². The quantitative estimate of drug-likeness (QED) is 0.469. The molecule has 0 bridgehead atoms. The number of hydrogen-bond donors (Lipinski definition) is 0. The molecule has 0 unspecified atom stereocenters. The van der Waals surface area contributed by atoms with E-state index >= 15 is 0 Å². The lowest BCUT2D eigenvalue weighted by Gasteiger charge is -2.05. The zero-order valence-corrected chi connectivity index (χ0v) is 13.5. The van der Waals surface area contributed by atoms with Crippen molar-refractivity contribution >= 4 is 50.9 Å². The molecule has 0 aliphatic heterocycles. The molecular formula is C22H14N2O. The SMILES string of the molecule is C=Cc1cccc2c(=O)n3c(nc4ccc5ccccc5c43)c(=C)c12. The summed E-state index contributed by atoms with van der Waals surface area (Å²) in [5, 5.41) is 4.33. The standard InChI is InChI=1S/C22H14N2O/c1-3-14-8-6-10-17-19(14)13(2)21-23-18-12-11-15-7-4-5-9-16(15)20(18)24(21)22(17)25/h3-12H,1-2H2. The zero-order chi connectivity index (χ0) is 17.1. The van der Waals surface area contributed by atoms with Gasteiger partial charge < -0.3 is 0 Å². The summed E-state index contributed by atoms with van der Waals surface area (Å²) in [6.07, 6.45) is 1.75. The summed E-state index contributed by atoms with van der Waals surface area (Å²) in [5.74, 6) is 0. The van der Waals surface area contributed by atoms with E-state index in [1.165, 1.54) is 0 Å². The number of imidazole rings is 1. The van der Waals surface area contributed by atoms with E-state index in [-0.39, 0.29) is 5.56 Å². The van der Waals surface area contributed by atoms with E-state index < -0.39 is 0 Å². The Morgan fingerprint density at radius 1 is 0.960 bits per heavy atom. The van der Waals surface area contributed by atoms with Gasteiger partial charge in [-0.1, -0.05) is 61.7 Å². The summed E-state index contributed by atoms with van der Waals surface area (Å²) in [6, 6.07) is 17.7. The average molecular weight is 322 g/mol. The molecule has 3 heteroatoms. The van der Waals surface area contributed by atoms with Crippen LogP contribution in [0.4, 0.5) is 0 Å². The Bertz CT molecular complexity index is 1440. The van der Waals surface area contributed by atoms with Gasteiger partial charge in [0.2, 0.25) is 0 Å². The van der Waals surface area contributed by atoms with Crippen molar-refractivity contribution in [3.8, 4) is 0 Å². The van der Waals surface area contributed by atoms with Gasteiger partial charge >= 0.3 is 0 Å². The largest absolute Gasteiger partial charge is 0.268 e. The molecule has 0 saturated heterocycles. The summed E-state index contributed by atoms with van der Waals surface area (Å²) < 4.78 is 1.70. The molecule has 0 atom stereocenters. The molecule has 2 aromatic heterocycles. The molecule has 0 amide bonds. The van der Waals surface area contributed by atoms with Crippen molar-refractivity contribution in [2.75, 3.05) is 0 Å². The van der Waals surface area contributed by atoms with Crippen LogP contribution in [0.5, 0.6) is 0 Å². The zero-order valence-electron chi connectivity index (χ0n) is 13.5. The van der Waals surface area contributed by atoms with Gasteiger partial charge in [0.15, 0.2) is 0 Å². The lowest BCUT2D eigenvalue weighted by atomic mass is 10.0. The number of nitrogens with zero attached hydrogens (tertiary/aromatic N) is 2. The number of aromatic nitrogens is 2. The van der Waals surface area contributed by atoms with Crippen molar-refractivity contribution in [2.45, 2.75) is 0 Å². The number of benzene rings is 3. The Balaban J connectivity index is 2.19. The van der Waals surface area contributed by atoms with Crippen LogP contribution in [0, 0.1) is 0 Å². The second-order valence-electron chi connectivity index (χ2n) is 6.18. The number of rotatable bonds is 1. The van der Waals surface area contributed by atoms with Crippen molar-refractivity contribution in [1.29, 1.82) is 0 Å². The molecule has 5 aromatic rings. The Morgan fingerprint density at radius 3 is 2.60 bits per heavy atom. The van der Waals surface area contributed by atoms with Crippen molar-refractivity contribution < 1.29 is 0 Å². The molecule has 0 N–H and O–H groups in total. The van der Waals surface area contributed by atoms with Gasteiger partial charge in [0, 0.05) is 21.4 Å². The molecule has 0 fully saturated rings. The number of pyridine rings is 1. The van der Waals surface area contributed by atoms with Crippen molar-refractivity contribution in [3.63, 3.8) is 0 Å². The van der Waals surface area contributed by atoms with Crippen LogP contribution in [0.1, 0.15) is 5.56 Å². The van der Waals surface area contributed by atoms with E-state index in [9.17, 15) is 4.79 Å². The molecule has 2 heterocycles. The predicted octanol–water partition coefficient (Wildman–Crippen LogP) is 3.93. The maximum Gasteiger partial charge on any atom is 0.264 e. The van der Waals surface area contributed by atoms with E-state index in [1.54, 1.807) is 10.5 Å². The van der Waals surface area contributed by atoms with Crippen molar-refractivity contribution in [3.05, 3.63) is 82.3 Å². The third-order valence-electron chi connectivity index (χ3n) is 4.86. The van der Waals surface area contributed by atoms with Gasteiger partial charge in [-0.3, -0.25) is 9.20 Å². The van der Waals surface area contributed by atoms with Gasteiger partial charge in [-0.25, -0.2) is 4.98 Å². The van der Waals surface area contributed by atoms with Crippen LogP contribution in [-0.4, -0.2) is 9.38 Å². The minimum atomic E-state index is -0.0695. The van der Waals surface area contributed by atoms with E-state index in [4.69, 9.17) is 4.98 Å². The van der Waals surface area contributed by atoms with Gasteiger partial charge in [0.1, 0.15) is 5.65 Å². The normalized spacial score (nSPS) is 11.7. The van der Waals surface area contributed by atoms with Crippen molar-refractivity contribution in [1.82, 2.24) is 9.38 Å². The fourth-order valence-corrected chi connectivity index (χ4v) is 3.73. The fraction of sp³-hybridized carbons (Fsp3) is 0. The highest BCUT2D eigenvalue weighted by molar-refractivity contribution is 6.07. The minimum absolute atomic E-state index is 0.0695. The van der Waals surface area contributed by atoms with Crippen LogP contribution >= 0.6 is 0 Å². The second-order valence-corrected chi connectivity index (χ2v) is 6.18. The van der Waals surface area contributed by atoms with Gasteiger partial charge in [0.05, 0.1) is 11.0 Å². The Morgan fingerprint density at radius 2 is 1.76 bits per heavy atom. The molecule has 0 radical (unpaired) electrons. The average Bonchev–Trinajstić information content (AvgIpc) is 3.06. The molecule has 0 aliphatic rings. The highest BCUT2D eigenvalue weighted by Gasteiger charge is 2.15. The highest BCUT2D eigenvalue weighted by Crippen LogP contribution is 2.25. The predicted molar refractivity (Wildman–Crippen MR) is 105 cm³/mol. The van der Waals surface area contributed by atoms with Crippen LogP contribution in [0.3, 0.4) is 0 Å². The fourth-order valence-electron chi connectivity index (χ4n) is 3.73. The van der Waals surface area contributed by atoms with Gasteiger partial charge in [-0.15, -0.1) is 0 Å². The van der Waals surface area contributed by atoms with E-state index in [1.807, 2.05) is 54.6 Å². The first-order valence-electron chi connectivity index (χ1n) is 8.10. The van der Waals surface area contributed by atoms with Gasteiger partial charge in [-0.05, 0) is 23.1 Å². The maximum absolute atomic E-state index is 13.3. The first-order valence-corrected chi connectivity index (χ1v) is 8.10. The van der Waals surface area contributed by atoms with Crippen LogP contribution in [0.15, 0.2) is 66.0 Å². The highest BCUT2D eigenvalue weighted by atomic mass is 16.1. The monoisotopic (exact) mass is 322 g/mol. The van der Waals surface area contributed by atoms with E-state index in [0.29, 0.717) is 11.0 Å². The smallest absolute Gasteiger partial charge is 0.264 e. The van der Waals surface area contributed by atoms with Gasteiger partial charge in [0.25, 0.3) is 5.56 Å².